The van der Waals surface area contributed by atoms with E-state index in [4.69, 9.17) is 9.26 Å². The third-order valence-corrected chi connectivity index (χ3v) is 5.15. The summed E-state index contributed by atoms with van der Waals surface area (Å²) in [4.78, 5) is 21.5. The summed E-state index contributed by atoms with van der Waals surface area (Å²) >= 11 is 0. The van der Waals surface area contributed by atoms with E-state index in [-0.39, 0.29) is 18.1 Å². The summed E-state index contributed by atoms with van der Waals surface area (Å²) in [5, 5.41) is 3.86. The maximum absolute atomic E-state index is 13.2. The number of methoxy groups -OCH3 is 1. The number of nitrogens with zero attached hydrogens (tertiary/aromatic N) is 4. The third-order valence-electron chi connectivity index (χ3n) is 5.15. The van der Waals surface area contributed by atoms with Crippen LogP contribution in [0, 0.1) is 6.92 Å². The Kier molecular flexibility index (Phi) is 3.95. The highest BCUT2D eigenvalue weighted by Gasteiger charge is 2.40. The first kappa shape index (κ1) is 16.1. The fraction of sp³-hybridized carbons (Fsp3) is 0.500. The van der Waals surface area contributed by atoms with Crippen molar-refractivity contribution in [1.29, 1.82) is 0 Å². The van der Waals surface area contributed by atoms with Crippen LogP contribution >= 0.6 is 0 Å². The van der Waals surface area contributed by atoms with Gasteiger partial charge in [-0.05, 0) is 31.0 Å². The Labute approximate surface area is 146 Å². The van der Waals surface area contributed by atoms with Crippen LogP contribution in [0.25, 0.3) is 0 Å². The van der Waals surface area contributed by atoms with Crippen molar-refractivity contribution in [2.45, 2.75) is 31.9 Å². The van der Waals surface area contributed by atoms with Crippen LogP contribution < -0.4 is 4.90 Å². The Morgan fingerprint density at radius 2 is 2.24 bits per heavy atom. The summed E-state index contributed by atoms with van der Waals surface area (Å²) in [5.74, 6) is 1.02. The first-order valence-corrected chi connectivity index (χ1v) is 8.55. The quantitative estimate of drug-likeness (QED) is 0.849. The Hall–Kier alpha value is -2.41. The van der Waals surface area contributed by atoms with Crippen LogP contribution in [0.15, 0.2) is 22.7 Å². The third kappa shape index (κ3) is 2.78. The standard InChI is InChI=1S/C18H22N4O3/c1-11-19-17(25-20-11)16-9-14(24-3)10-22(16)18(23)13-5-4-12-6-7-21(2)15(12)8-13/h4-5,8,14,16H,6-7,9-10H2,1-3H3/t14-,16+/m0/s1. The Morgan fingerprint density at radius 3 is 2.96 bits per heavy atom. The lowest BCUT2D eigenvalue weighted by atomic mass is 10.1. The number of carbonyl (C=O) groups excluding carboxylic acids is 1. The number of likely N-dealkylation sites (tertiary alicyclic amines) is 1. The molecule has 7 heteroatoms. The van der Waals surface area contributed by atoms with Gasteiger partial charge in [-0.1, -0.05) is 11.2 Å². The number of likely N-dealkylation sites (N-methyl/N-ethyl adjacent to an activating group) is 1. The lowest BCUT2D eigenvalue weighted by Gasteiger charge is -2.22. The van der Waals surface area contributed by atoms with E-state index in [0.717, 1.165) is 18.7 Å². The van der Waals surface area contributed by atoms with Crippen LogP contribution in [-0.2, 0) is 11.2 Å². The molecule has 1 aromatic heterocycles. The molecule has 0 bridgehead atoms. The van der Waals surface area contributed by atoms with Crippen molar-refractivity contribution < 1.29 is 14.1 Å². The van der Waals surface area contributed by atoms with Crippen molar-refractivity contribution in [3.63, 3.8) is 0 Å². The fourth-order valence-electron chi connectivity index (χ4n) is 3.71. The molecule has 0 saturated carbocycles. The molecule has 1 fully saturated rings. The Balaban J connectivity index is 1.64. The molecule has 25 heavy (non-hydrogen) atoms. The second-order valence-corrected chi connectivity index (χ2v) is 6.76. The number of hydrogen-bond acceptors (Lipinski definition) is 6. The zero-order valence-corrected chi connectivity index (χ0v) is 14.7. The molecule has 4 rings (SSSR count). The monoisotopic (exact) mass is 342 g/mol. The van der Waals surface area contributed by atoms with Crippen molar-refractivity contribution in [2.24, 2.45) is 0 Å². The first-order chi connectivity index (χ1) is 12.1. The lowest BCUT2D eigenvalue weighted by Crippen LogP contribution is -2.32. The number of aromatic nitrogens is 2. The maximum Gasteiger partial charge on any atom is 0.254 e. The molecule has 0 aliphatic carbocycles. The van der Waals surface area contributed by atoms with Gasteiger partial charge in [0.05, 0.1) is 6.10 Å². The highest BCUT2D eigenvalue weighted by Crippen LogP contribution is 2.35. The van der Waals surface area contributed by atoms with Gasteiger partial charge in [0.1, 0.15) is 6.04 Å². The van der Waals surface area contributed by atoms with Crippen LogP contribution in [0.2, 0.25) is 0 Å². The minimum Gasteiger partial charge on any atom is -0.380 e. The summed E-state index contributed by atoms with van der Waals surface area (Å²) < 4.78 is 10.8. The van der Waals surface area contributed by atoms with Crippen LogP contribution in [0.4, 0.5) is 5.69 Å². The molecule has 2 aliphatic heterocycles. The van der Waals surface area contributed by atoms with Gasteiger partial charge in [0.25, 0.3) is 5.91 Å². The van der Waals surface area contributed by atoms with Crippen molar-refractivity contribution in [1.82, 2.24) is 15.0 Å². The molecule has 0 unspecified atom stereocenters. The van der Waals surface area contributed by atoms with Gasteiger partial charge in [-0.3, -0.25) is 4.79 Å². The average Bonchev–Trinajstić information content (AvgIpc) is 3.32. The SMILES string of the molecule is CO[C@H]1C[C@H](c2nc(C)no2)N(C(=O)c2ccc3c(c2)N(C)CC3)C1. The number of anilines is 1. The summed E-state index contributed by atoms with van der Waals surface area (Å²) in [6, 6.07) is 5.71. The van der Waals surface area contributed by atoms with Crippen molar-refractivity contribution >= 4 is 11.6 Å². The smallest absolute Gasteiger partial charge is 0.254 e. The number of fused-ring (bicyclic) bond motifs is 1. The molecular formula is C18H22N4O3. The van der Waals surface area contributed by atoms with Crippen molar-refractivity contribution in [2.75, 3.05) is 32.1 Å². The molecule has 2 aromatic rings. The molecule has 2 aliphatic rings. The minimum atomic E-state index is -0.246. The number of rotatable bonds is 3. The van der Waals surface area contributed by atoms with Gasteiger partial charge in [-0.25, -0.2) is 0 Å². The summed E-state index contributed by atoms with van der Waals surface area (Å²) in [5.41, 5.74) is 3.11. The van der Waals surface area contributed by atoms with Gasteiger partial charge in [-0.2, -0.15) is 4.98 Å². The van der Waals surface area contributed by atoms with Crippen LogP contribution in [0.3, 0.4) is 0 Å². The first-order valence-electron chi connectivity index (χ1n) is 8.55. The van der Waals surface area contributed by atoms with Crippen LogP contribution in [-0.4, -0.2) is 54.3 Å². The predicted molar refractivity (Wildman–Crippen MR) is 91.6 cm³/mol. The molecule has 0 radical (unpaired) electrons. The van der Waals surface area contributed by atoms with Crippen LogP contribution in [0.1, 0.15) is 40.1 Å². The van der Waals surface area contributed by atoms with Gasteiger partial charge in [0.2, 0.25) is 5.89 Å². The van der Waals surface area contributed by atoms with E-state index in [2.05, 4.69) is 28.2 Å². The molecule has 132 valence electrons. The number of amides is 1. The molecule has 1 aromatic carbocycles. The van der Waals surface area contributed by atoms with Gasteiger partial charge in [0, 0.05) is 44.9 Å². The molecule has 0 spiro atoms. The second kappa shape index (κ2) is 6.15. The van der Waals surface area contributed by atoms with E-state index < -0.39 is 0 Å². The molecule has 2 atom stereocenters. The largest absolute Gasteiger partial charge is 0.380 e. The Morgan fingerprint density at radius 1 is 1.40 bits per heavy atom. The Bertz CT molecular complexity index is 803. The van der Waals surface area contributed by atoms with Gasteiger partial charge >= 0.3 is 0 Å². The topological polar surface area (TPSA) is 71.7 Å². The number of ether oxygens (including phenoxy) is 1. The normalized spacial score (nSPS) is 22.5. The highest BCUT2D eigenvalue weighted by molar-refractivity contribution is 5.96. The van der Waals surface area contributed by atoms with Gasteiger partial charge in [0.15, 0.2) is 5.82 Å². The van der Waals surface area contributed by atoms with E-state index in [1.807, 2.05) is 12.1 Å². The number of benzene rings is 1. The molecule has 7 nitrogen and oxygen atoms in total. The predicted octanol–water partition coefficient (Wildman–Crippen LogP) is 1.97. The fourth-order valence-corrected chi connectivity index (χ4v) is 3.71. The van der Waals surface area contributed by atoms with E-state index in [1.54, 1.807) is 18.9 Å². The molecule has 1 saturated heterocycles. The minimum absolute atomic E-state index is 0.0245. The summed E-state index contributed by atoms with van der Waals surface area (Å²) in [7, 11) is 3.72. The zero-order valence-electron chi connectivity index (χ0n) is 14.7. The molecule has 1 amide bonds. The van der Waals surface area contributed by atoms with Crippen molar-refractivity contribution in [3.8, 4) is 0 Å². The molecule has 3 heterocycles. The van der Waals surface area contributed by atoms with Crippen molar-refractivity contribution in [3.05, 3.63) is 41.0 Å². The molecular weight excluding hydrogens is 320 g/mol. The number of hydrogen-bond donors (Lipinski definition) is 0. The van der Waals surface area contributed by atoms with E-state index >= 15 is 0 Å². The van der Waals surface area contributed by atoms with Gasteiger partial charge < -0.3 is 19.1 Å². The van der Waals surface area contributed by atoms with Crippen LogP contribution in [0.5, 0.6) is 0 Å². The maximum atomic E-state index is 13.2. The highest BCUT2D eigenvalue weighted by atomic mass is 16.5. The van der Waals surface area contributed by atoms with Gasteiger partial charge in [-0.15, -0.1) is 0 Å². The summed E-state index contributed by atoms with van der Waals surface area (Å²) in [6.45, 7) is 3.29. The molecule has 0 N–H and O–H groups in total. The average molecular weight is 342 g/mol. The second-order valence-electron chi connectivity index (χ2n) is 6.76. The van der Waals surface area contributed by atoms with E-state index in [1.165, 1.54) is 5.56 Å². The lowest BCUT2D eigenvalue weighted by molar-refractivity contribution is 0.0671. The number of aryl methyl sites for hydroxylation is 1. The van der Waals surface area contributed by atoms with E-state index in [9.17, 15) is 4.79 Å². The number of carbonyl (C=O) groups is 1. The summed E-state index contributed by atoms with van der Waals surface area (Å²) in [6.07, 6.45) is 1.66. The van der Waals surface area contributed by atoms with E-state index in [0.29, 0.717) is 30.2 Å². The zero-order chi connectivity index (χ0) is 17.6.